The average Bonchev–Trinajstić information content (AvgIpc) is 3.09. The lowest BCUT2D eigenvalue weighted by molar-refractivity contribution is 0.346. The van der Waals surface area contributed by atoms with E-state index in [9.17, 15) is 0 Å². The molecule has 0 saturated carbocycles. The quantitative estimate of drug-likeness (QED) is 0.533. The number of aromatic nitrogens is 3. The van der Waals surface area contributed by atoms with Gasteiger partial charge in [0.05, 0.1) is 0 Å². The third-order valence-corrected chi connectivity index (χ3v) is 4.58. The van der Waals surface area contributed by atoms with Crippen LogP contribution < -0.4 is 15.4 Å². The van der Waals surface area contributed by atoms with Crippen molar-refractivity contribution in [3.63, 3.8) is 0 Å². The van der Waals surface area contributed by atoms with E-state index >= 15 is 0 Å². The average molecular weight is 355 g/mol. The van der Waals surface area contributed by atoms with Crippen LogP contribution in [0.1, 0.15) is 5.56 Å². The molecule has 6 nitrogen and oxygen atoms in total. The first-order valence-electron chi connectivity index (χ1n) is 7.89. The second-order valence-electron chi connectivity index (χ2n) is 5.48. The summed E-state index contributed by atoms with van der Waals surface area (Å²) in [4.78, 5) is 1.12. The van der Waals surface area contributed by atoms with E-state index in [1.54, 1.807) is 11.8 Å². The van der Waals surface area contributed by atoms with Gasteiger partial charge in [0.15, 0.2) is 6.73 Å². The summed E-state index contributed by atoms with van der Waals surface area (Å²) in [6.45, 7) is 4.43. The number of anilines is 2. The summed E-state index contributed by atoms with van der Waals surface area (Å²) in [7, 11) is 1.92. The monoisotopic (exact) mass is 355 g/mol. The molecule has 0 aliphatic heterocycles. The van der Waals surface area contributed by atoms with Gasteiger partial charge in [0.1, 0.15) is 16.8 Å². The number of aromatic amines is 1. The molecule has 3 N–H and O–H groups in total. The Labute approximate surface area is 151 Å². The first kappa shape index (κ1) is 17.2. The van der Waals surface area contributed by atoms with Gasteiger partial charge in [0, 0.05) is 24.8 Å². The number of thioether (sulfide) groups is 1. The predicted octanol–water partition coefficient (Wildman–Crippen LogP) is 3.87. The Morgan fingerprint density at radius 2 is 2.04 bits per heavy atom. The van der Waals surface area contributed by atoms with Crippen LogP contribution in [0.2, 0.25) is 0 Å². The maximum absolute atomic E-state index is 5.84. The van der Waals surface area contributed by atoms with Crippen molar-refractivity contribution >= 4 is 34.2 Å². The molecule has 0 atom stereocenters. The lowest BCUT2D eigenvalue weighted by Crippen LogP contribution is -2.09. The van der Waals surface area contributed by atoms with Crippen molar-refractivity contribution in [1.29, 1.82) is 0 Å². The van der Waals surface area contributed by atoms with Crippen LogP contribution in [-0.4, -0.2) is 35.4 Å². The van der Waals surface area contributed by atoms with E-state index in [-0.39, 0.29) is 0 Å². The summed E-state index contributed by atoms with van der Waals surface area (Å²) in [6, 6.07) is 11.8. The largest absolute Gasteiger partial charge is 0.473 e. The van der Waals surface area contributed by atoms with Crippen molar-refractivity contribution in [3.05, 3.63) is 53.4 Å². The molecule has 130 valence electrons. The molecule has 0 saturated heterocycles. The molecule has 0 spiro atoms. The van der Waals surface area contributed by atoms with Crippen molar-refractivity contribution < 1.29 is 4.74 Å². The summed E-state index contributed by atoms with van der Waals surface area (Å²) in [6.07, 6.45) is 2.85. The van der Waals surface area contributed by atoms with Crippen LogP contribution in [0.4, 0.5) is 11.4 Å². The molecule has 1 aromatic heterocycles. The van der Waals surface area contributed by atoms with Gasteiger partial charge in [-0.2, -0.15) is 15.4 Å². The fraction of sp³-hybridized carbons (Fsp3) is 0.222. The molecule has 0 radical (unpaired) electrons. The van der Waals surface area contributed by atoms with Crippen LogP contribution in [0.25, 0.3) is 11.0 Å². The lowest BCUT2D eigenvalue weighted by atomic mass is 10.1. The summed E-state index contributed by atoms with van der Waals surface area (Å²) in [5.74, 6) is 0.818. The number of hydrogen-bond donors (Lipinski definition) is 3. The molecule has 0 unspecified atom stereocenters. The Morgan fingerprint density at radius 3 is 2.84 bits per heavy atom. The molecule has 3 rings (SSSR count). The fourth-order valence-electron chi connectivity index (χ4n) is 2.49. The molecule has 0 bridgehead atoms. The third-order valence-electron chi connectivity index (χ3n) is 3.85. The molecule has 0 aliphatic carbocycles. The summed E-state index contributed by atoms with van der Waals surface area (Å²) < 4.78 is 5.84. The molecule has 0 fully saturated rings. The summed E-state index contributed by atoms with van der Waals surface area (Å²) >= 11 is 1.67. The van der Waals surface area contributed by atoms with E-state index in [1.807, 2.05) is 43.6 Å². The van der Waals surface area contributed by atoms with Gasteiger partial charge in [0.25, 0.3) is 0 Å². The van der Waals surface area contributed by atoms with Gasteiger partial charge in [-0.15, -0.1) is 11.8 Å². The van der Waals surface area contributed by atoms with Gasteiger partial charge in [-0.05, 0) is 53.1 Å². The van der Waals surface area contributed by atoms with Crippen molar-refractivity contribution in [1.82, 2.24) is 15.4 Å². The van der Waals surface area contributed by atoms with Crippen molar-refractivity contribution in [2.45, 2.75) is 6.42 Å². The van der Waals surface area contributed by atoms with Crippen LogP contribution in [0.5, 0.6) is 5.75 Å². The van der Waals surface area contributed by atoms with Gasteiger partial charge in [0.2, 0.25) is 0 Å². The number of fused-ring (bicyclic) bond motifs is 1. The smallest absolute Gasteiger partial charge is 0.159 e. The number of nitrogens with zero attached hydrogens (tertiary/aromatic N) is 2. The van der Waals surface area contributed by atoms with E-state index in [0.717, 1.165) is 39.5 Å². The first-order valence-corrected chi connectivity index (χ1v) is 9.11. The second-order valence-corrected chi connectivity index (χ2v) is 6.47. The lowest BCUT2D eigenvalue weighted by Gasteiger charge is -2.14. The molecule has 3 aromatic rings. The molecule has 0 aliphatic rings. The third kappa shape index (κ3) is 4.24. The summed E-state index contributed by atoms with van der Waals surface area (Å²) in [5.41, 5.74) is 4.86. The number of rotatable bonds is 8. The highest BCUT2D eigenvalue weighted by Gasteiger charge is 2.06. The van der Waals surface area contributed by atoms with Gasteiger partial charge in [-0.1, -0.05) is 6.58 Å². The molecule has 25 heavy (non-hydrogen) atoms. The van der Waals surface area contributed by atoms with Gasteiger partial charge in [-0.25, -0.2) is 0 Å². The fourth-order valence-corrected chi connectivity index (χ4v) is 2.79. The Balaban J connectivity index is 1.63. The molecule has 1 heterocycles. The standard InChI is InChI=1S/C18H21N5OS/c1-12(25-3)8-13-9-15(5-7-16(13)19-2)24-11-20-14-4-6-17-18(10-14)22-23-21-17/h4-7,9-10,19-20H,1,8,11H2,2-3H3,(H,21,22,23). The Bertz CT molecular complexity index is 877. The van der Waals surface area contributed by atoms with Gasteiger partial charge < -0.3 is 15.4 Å². The maximum Gasteiger partial charge on any atom is 0.159 e. The molecule has 2 aromatic carbocycles. The Hall–Kier alpha value is -2.67. The summed E-state index contributed by atoms with van der Waals surface area (Å²) in [5, 5.41) is 17.2. The zero-order valence-electron chi connectivity index (χ0n) is 14.3. The normalized spacial score (nSPS) is 10.6. The van der Waals surface area contributed by atoms with E-state index < -0.39 is 0 Å². The highest BCUT2D eigenvalue weighted by atomic mass is 32.2. The first-order chi connectivity index (χ1) is 12.2. The van der Waals surface area contributed by atoms with Crippen LogP contribution in [0, 0.1) is 0 Å². The maximum atomic E-state index is 5.84. The van der Waals surface area contributed by atoms with E-state index in [1.165, 1.54) is 5.56 Å². The number of ether oxygens (including phenoxy) is 1. The van der Waals surface area contributed by atoms with Gasteiger partial charge >= 0.3 is 0 Å². The predicted molar refractivity (Wildman–Crippen MR) is 105 cm³/mol. The highest BCUT2D eigenvalue weighted by molar-refractivity contribution is 8.02. The van der Waals surface area contributed by atoms with Crippen LogP contribution in [0.3, 0.4) is 0 Å². The molecule has 0 amide bonds. The SMILES string of the molecule is C=C(Cc1cc(OCNc2ccc3n[nH]nc3c2)ccc1NC)SC. The minimum atomic E-state index is 0.366. The topological polar surface area (TPSA) is 74.9 Å². The molecular weight excluding hydrogens is 334 g/mol. The van der Waals surface area contributed by atoms with E-state index in [4.69, 9.17) is 4.74 Å². The zero-order valence-corrected chi connectivity index (χ0v) is 15.1. The van der Waals surface area contributed by atoms with Crippen molar-refractivity contribution in [3.8, 4) is 5.75 Å². The number of nitrogens with one attached hydrogen (secondary N) is 3. The van der Waals surface area contributed by atoms with Crippen LogP contribution in [-0.2, 0) is 6.42 Å². The molecular formula is C18H21N5OS. The highest BCUT2D eigenvalue weighted by Crippen LogP contribution is 2.26. The number of allylic oxidation sites excluding steroid dienone is 1. The number of benzene rings is 2. The number of H-pyrrole nitrogens is 1. The Morgan fingerprint density at radius 1 is 1.20 bits per heavy atom. The molecule has 7 heteroatoms. The zero-order chi connectivity index (χ0) is 17.6. The minimum absolute atomic E-state index is 0.366. The van der Waals surface area contributed by atoms with Crippen molar-refractivity contribution in [2.75, 3.05) is 30.7 Å². The number of hydrogen-bond acceptors (Lipinski definition) is 6. The van der Waals surface area contributed by atoms with Crippen molar-refractivity contribution in [2.24, 2.45) is 0 Å². The van der Waals surface area contributed by atoms with E-state index in [2.05, 4.69) is 38.7 Å². The van der Waals surface area contributed by atoms with E-state index in [0.29, 0.717) is 6.73 Å². The van der Waals surface area contributed by atoms with Crippen LogP contribution in [0.15, 0.2) is 47.9 Å². The van der Waals surface area contributed by atoms with Gasteiger partial charge in [-0.3, -0.25) is 0 Å². The second kappa shape index (κ2) is 7.94. The minimum Gasteiger partial charge on any atom is -0.473 e. The Kier molecular flexibility index (Phi) is 5.45. The van der Waals surface area contributed by atoms with Crippen LogP contribution >= 0.6 is 11.8 Å².